The fourth-order valence-corrected chi connectivity index (χ4v) is 9.45. The summed E-state index contributed by atoms with van der Waals surface area (Å²) in [5, 5.41) is 3.80. The van der Waals surface area contributed by atoms with Crippen LogP contribution in [0.15, 0.2) is 53.6 Å². The number of imide groups is 2. The molecule has 4 fully saturated rings. The number of halogens is 1. The molecule has 4 aliphatic heterocycles. The van der Waals surface area contributed by atoms with Crippen LogP contribution in [0.5, 0.6) is 0 Å². The Kier molecular flexibility index (Phi) is 10.2. The summed E-state index contributed by atoms with van der Waals surface area (Å²) in [5.74, 6) is -1.42. The topological polar surface area (TPSA) is 174 Å². The molecule has 16 nitrogen and oxygen atoms in total. The van der Waals surface area contributed by atoms with Gasteiger partial charge < -0.3 is 15.1 Å². The number of piperidine rings is 2. The molecular weight excluding hydrogens is 772 g/mol. The van der Waals surface area contributed by atoms with E-state index >= 15 is 4.39 Å². The van der Waals surface area contributed by atoms with Gasteiger partial charge in [-0.15, -0.1) is 0 Å². The largest absolute Gasteiger partial charge is 0.371 e. The zero-order chi connectivity index (χ0) is 41.9. The minimum absolute atomic E-state index is 0.0117. The molecule has 60 heavy (non-hydrogen) atoms. The molecule has 1 saturated carbocycles. The van der Waals surface area contributed by atoms with Crippen molar-refractivity contribution in [2.45, 2.75) is 76.0 Å². The number of likely N-dealkylation sites (tertiary alicyclic amines) is 1. The number of amides is 4. The van der Waals surface area contributed by atoms with Crippen molar-refractivity contribution in [1.82, 2.24) is 34.2 Å². The summed E-state index contributed by atoms with van der Waals surface area (Å²) in [6, 6.07) is 9.42. The molecule has 1 atom stereocenters. The molecule has 3 aromatic heterocycles. The number of ketones is 1. The van der Waals surface area contributed by atoms with Crippen molar-refractivity contribution >= 4 is 63.6 Å². The summed E-state index contributed by atoms with van der Waals surface area (Å²) in [4.78, 5) is 99.2. The summed E-state index contributed by atoms with van der Waals surface area (Å²) in [5.41, 5.74) is 1.08. The molecule has 17 heteroatoms. The smallest absolute Gasteiger partial charge is 0.263 e. The lowest BCUT2D eigenvalue weighted by atomic mass is 9.91. The fourth-order valence-electron chi connectivity index (χ4n) is 9.45. The van der Waals surface area contributed by atoms with Gasteiger partial charge in [-0.05, 0) is 62.6 Å². The highest BCUT2D eigenvalue weighted by Gasteiger charge is 2.46. The minimum atomic E-state index is -1.37. The van der Waals surface area contributed by atoms with Gasteiger partial charge in [-0.1, -0.05) is 12.8 Å². The van der Waals surface area contributed by atoms with E-state index in [2.05, 4.69) is 25.1 Å². The molecular formula is C43H47FN10O6. The van der Waals surface area contributed by atoms with Gasteiger partial charge in [0.1, 0.15) is 23.2 Å². The van der Waals surface area contributed by atoms with E-state index < -0.39 is 29.4 Å². The van der Waals surface area contributed by atoms with Crippen LogP contribution in [0.2, 0.25) is 0 Å². The normalized spacial score (nSPS) is 21.4. The number of carbonyl (C=O) groups is 5. The summed E-state index contributed by atoms with van der Waals surface area (Å²) in [6.07, 6.45) is 7.99. The second kappa shape index (κ2) is 15.5. The van der Waals surface area contributed by atoms with E-state index in [9.17, 15) is 28.8 Å². The number of rotatable bonds is 9. The number of hydrogen-bond acceptors (Lipinski definition) is 13. The van der Waals surface area contributed by atoms with E-state index in [0.717, 1.165) is 46.9 Å². The Morgan fingerprint density at radius 1 is 0.833 bits per heavy atom. The summed E-state index contributed by atoms with van der Waals surface area (Å²) >= 11 is 0. The first-order chi connectivity index (χ1) is 28.9. The Morgan fingerprint density at radius 2 is 1.53 bits per heavy atom. The van der Waals surface area contributed by atoms with E-state index in [1.165, 1.54) is 14.0 Å². The quantitative estimate of drug-likeness (QED) is 0.189. The molecule has 0 radical (unpaired) electrons. The molecule has 1 N–H and O–H groups in total. The van der Waals surface area contributed by atoms with Gasteiger partial charge in [0.25, 0.3) is 23.3 Å². The Morgan fingerprint density at radius 3 is 2.23 bits per heavy atom. The third kappa shape index (κ3) is 7.17. The van der Waals surface area contributed by atoms with Crippen LogP contribution >= 0.6 is 0 Å². The molecule has 0 bridgehead atoms. The maximum absolute atomic E-state index is 16.3. The molecule has 7 heterocycles. The van der Waals surface area contributed by atoms with Crippen molar-refractivity contribution in [3.63, 3.8) is 0 Å². The molecule has 1 aromatic carbocycles. The SMILES string of the molecule is CC(=O)c1cc2cnc(Nc3ccc(N4CCN(CC5(F)CCN(c6ccc7c(c6)C(=O)N(C6CCC(=O)N(C)C6=O)C7=O)CC5)CC4)cn3)nc2n(C2CCCC2)c1=O. The lowest BCUT2D eigenvalue weighted by molar-refractivity contribution is -0.149. The van der Waals surface area contributed by atoms with Gasteiger partial charge in [0, 0.05) is 95.4 Å². The molecule has 3 saturated heterocycles. The highest BCUT2D eigenvalue weighted by atomic mass is 19.1. The van der Waals surface area contributed by atoms with Crippen LogP contribution in [0.3, 0.4) is 0 Å². The van der Waals surface area contributed by atoms with E-state index in [1.807, 2.05) is 17.0 Å². The van der Waals surface area contributed by atoms with Crippen LogP contribution in [0, 0.1) is 0 Å². The van der Waals surface area contributed by atoms with E-state index in [4.69, 9.17) is 4.98 Å². The van der Waals surface area contributed by atoms with Crippen LogP contribution in [0.4, 0.5) is 27.5 Å². The molecule has 4 amide bonds. The number of likely N-dealkylation sites (N-methyl/N-ethyl adjacent to an activating group) is 1. The van der Waals surface area contributed by atoms with Gasteiger partial charge in [-0.3, -0.25) is 48.0 Å². The Hall–Kier alpha value is -6.10. The maximum Gasteiger partial charge on any atom is 0.263 e. The lowest BCUT2D eigenvalue weighted by Crippen LogP contribution is -2.54. The zero-order valence-corrected chi connectivity index (χ0v) is 33.7. The maximum atomic E-state index is 16.3. The van der Waals surface area contributed by atoms with E-state index in [-0.39, 0.29) is 52.8 Å². The Bertz CT molecular complexity index is 2470. The number of nitrogens with zero attached hydrogens (tertiary/aromatic N) is 9. The third-order valence-electron chi connectivity index (χ3n) is 12.9. The number of pyridine rings is 2. The van der Waals surface area contributed by atoms with Crippen molar-refractivity contribution in [2.75, 3.05) is 68.0 Å². The number of nitrogens with one attached hydrogen (secondary N) is 1. The first-order valence-corrected chi connectivity index (χ1v) is 20.8. The number of Topliss-reactive ketones (excluding diaryl/α,β-unsaturated/α-hetero) is 1. The summed E-state index contributed by atoms with van der Waals surface area (Å²) in [7, 11) is 1.36. The van der Waals surface area contributed by atoms with Crippen LogP contribution < -0.4 is 20.7 Å². The molecule has 1 unspecified atom stereocenters. The number of benzene rings is 1. The molecule has 4 aromatic rings. The van der Waals surface area contributed by atoms with Crippen LogP contribution in [-0.4, -0.2) is 128 Å². The predicted molar refractivity (Wildman–Crippen MR) is 221 cm³/mol. The van der Waals surface area contributed by atoms with Crippen molar-refractivity contribution in [1.29, 1.82) is 0 Å². The molecule has 5 aliphatic rings. The fraction of sp³-hybridized carbons (Fsp3) is 0.465. The van der Waals surface area contributed by atoms with Gasteiger partial charge in [0.15, 0.2) is 5.78 Å². The number of alkyl halides is 1. The molecule has 0 spiro atoms. The number of aromatic nitrogens is 4. The van der Waals surface area contributed by atoms with Crippen LogP contribution in [0.1, 0.15) is 95.4 Å². The monoisotopic (exact) mass is 818 g/mol. The summed E-state index contributed by atoms with van der Waals surface area (Å²) in [6.45, 7) is 5.44. The number of hydrogen-bond donors (Lipinski definition) is 1. The van der Waals surface area contributed by atoms with Crippen molar-refractivity contribution in [3.8, 4) is 0 Å². The average Bonchev–Trinajstić information content (AvgIpc) is 3.86. The molecule has 312 valence electrons. The first kappa shape index (κ1) is 39.4. The van der Waals surface area contributed by atoms with Gasteiger partial charge in [0.05, 0.1) is 28.6 Å². The van der Waals surface area contributed by atoms with E-state index in [0.29, 0.717) is 81.5 Å². The average molecular weight is 819 g/mol. The lowest BCUT2D eigenvalue weighted by Gasteiger charge is -2.42. The Labute approximate surface area is 345 Å². The van der Waals surface area contributed by atoms with Crippen molar-refractivity contribution in [2.24, 2.45) is 0 Å². The van der Waals surface area contributed by atoms with Gasteiger partial charge in [0.2, 0.25) is 11.9 Å². The van der Waals surface area contributed by atoms with Gasteiger partial charge in [-0.2, -0.15) is 4.98 Å². The number of piperazine rings is 1. The number of carbonyl (C=O) groups excluding carboxylic acids is 5. The van der Waals surface area contributed by atoms with Gasteiger partial charge in [-0.25, -0.2) is 14.4 Å². The number of anilines is 4. The highest BCUT2D eigenvalue weighted by Crippen LogP contribution is 2.36. The predicted octanol–water partition coefficient (Wildman–Crippen LogP) is 4.12. The summed E-state index contributed by atoms with van der Waals surface area (Å²) < 4.78 is 18.0. The zero-order valence-electron chi connectivity index (χ0n) is 33.7. The second-order valence-corrected chi connectivity index (χ2v) is 16.7. The van der Waals surface area contributed by atoms with Crippen LogP contribution in [0.25, 0.3) is 11.0 Å². The molecule has 9 rings (SSSR count). The van der Waals surface area contributed by atoms with E-state index in [1.54, 1.807) is 41.2 Å². The third-order valence-corrected chi connectivity index (χ3v) is 12.9. The van der Waals surface area contributed by atoms with Crippen molar-refractivity contribution in [3.05, 3.63) is 75.8 Å². The first-order valence-electron chi connectivity index (χ1n) is 20.8. The Balaban J connectivity index is 0.781. The highest BCUT2D eigenvalue weighted by molar-refractivity contribution is 6.23. The van der Waals surface area contributed by atoms with Crippen molar-refractivity contribution < 1.29 is 28.4 Å². The standard InChI is InChI=1S/C43H47FN10O6/c1-26(55)32-21-27-23-46-42(48-37(27)53(39(32)58)28-5-3-4-6-28)47-35-11-8-30(24-45-35)52-19-17-50(18-20-52)25-43(44)13-15-51(16-14-43)29-7-9-31-33(22-29)40(59)54(38(31)57)34-10-12-36(56)49(2)41(34)60/h7-9,11,21-24,28,34H,3-6,10,12-20,25H2,1-2H3,(H,45,46,47,48). The minimum Gasteiger partial charge on any atom is -0.371 e. The molecule has 1 aliphatic carbocycles. The van der Waals surface area contributed by atoms with Gasteiger partial charge >= 0.3 is 0 Å². The number of fused-ring (bicyclic) bond motifs is 2. The second-order valence-electron chi connectivity index (χ2n) is 16.7. The van der Waals surface area contributed by atoms with Crippen LogP contribution in [-0.2, 0) is 9.59 Å².